The molecule has 0 radical (unpaired) electrons. The van der Waals surface area contributed by atoms with E-state index < -0.39 is 0 Å². The van der Waals surface area contributed by atoms with Crippen molar-refractivity contribution >= 4 is 11.8 Å². The Kier molecular flexibility index (Phi) is 5.64. The summed E-state index contributed by atoms with van der Waals surface area (Å²) in [4.78, 5) is 1.33. The number of nitrogens with two attached hydrogens (primary N) is 1. The van der Waals surface area contributed by atoms with Gasteiger partial charge in [-0.3, -0.25) is 0 Å². The molecule has 0 heterocycles. The Morgan fingerprint density at radius 3 is 2.75 bits per heavy atom. The van der Waals surface area contributed by atoms with Gasteiger partial charge in [-0.15, -0.1) is 11.8 Å². The summed E-state index contributed by atoms with van der Waals surface area (Å²) < 4.78 is 0. The molecule has 1 rings (SSSR count). The molecule has 1 unspecified atom stereocenters. The van der Waals surface area contributed by atoms with Gasteiger partial charge in [-0.25, -0.2) is 0 Å². The van der Waals surface area contributed by atoms with Gasteiger partial charge in [0.05, 0.1) is 0 Å². The maximum atomic E-state index is 6.07. The van der Waals surface area contributed by atoms with Gasteiger partial charge >= 0.3 is 0 Å². The van der Waals surface area contributed by atoms with Gasteiger partial charge in [-0.1, -0.05) is 37.3 Å². The van der Waals surface area contributed by atoms with Crippen LogP contribution in [-0.4, -0.2) is 11.8 Å². The Labute approximate surface area is 103 Å². The quantitative estimate of drug-likeness (QED) is 0.600. The SMILES string of the molecule is C=C(CC)CC(N)CSc1ccccc1C. The zero-order chi connectivity index (χ0) is 12.0. The monoisotopic (exact) mass is 235 g/mol. The fourth-order valence-corrected chi connectivity index (χ4v) is 2.47. The number of hydrogen-bond acceptors (Lipinski definition) is 2. The van der Waals surface area contributed by atoms with Crippen molar-refractivity contribution in [1.82, 2.24) is 0 Å². The van der Waals surface area contributed by atoms with E-state index in [-0.39, 0.29) is 6.04 Å². The van der Waals surface area contributed by atoms with E-state index in [1.54, 1.807) is 0 Å². The van der Waals surface area contributed by atoms with Crippen LogP contribution >= 0.6 is 11.8 Å². The topological polar surface area (TPSA) is 26.0 Å². The predicted octanol–water partition coefficient (Wildman–Crippen LogP) is 3.77. The molecule has 1 atom stereocenters. The first-order valence-electron chi connectivity index (χ1n) is 5.74. The molecule has 0 saturated heterocycles. The van der Waals surface area contributed by atoms with Crippen molar-refractivity contribution in [2.45, 2.75) is 37.6 Å². The minimum Gasteiger partial charge on any atom is -0.327 e. The third-order valence-corrected chi connectivity index (χ3v) is 3.96. The van der Waals surface area contributed by atoms with E-state index in [1.807, 2.05) is 11.8 Å². The van der Waals surface area contributed by atoms with Crippen LogP contribution in [0.3, 0.4) is 0 Å². The van der Waals surface area contributed by atoms with E-state index in [2.05, 4.69) is 44.7 Å². The molecule has 1 nitrogen and oxygen atoms in total. The molecule has 16 heavy (non-hydrogen) atoms. The first kappa shape index (κ1) is 13.3. The van der Waals surface area contributed by atoms with Crippen LogP contribution in [0.1, 0.15) is 25.3 Å². The summed E-state index contributed by atoms with van der Waals surface area (Å²) in [5, 5.41) is 0. The highest BCUT2D eigenvalue weighted by molar-refractivity contribution is 7.99. The number of benzene rings is 1. The largest absolute Gasteiger partial charge is 0.327 e. The van der Waals surface area contributed by atoms with Crippen molar-refractivity contribution in [2.75, 3.05) is 5.75 Å². The van der Waals surface area contributed by atoms with Crippen LogP contribution in [-0.2, 0) is 0 Å². The highest BCUT2D eigenvalue weighted by atomic mass is 32.2. The maximum absolute atomic E-state index is 6.07. The predicted molar refractivity (Wildman–Crippen MR) is 73.9 cm³/mol. The Balaban J connectivity index is 2.40. The minimum absolute atomic E-state index is 0.219. The third kappa shape index (κ3) is 4.42. The lowest BCUT2D eigenvalue weighted by Gasteiger charge is -2.13. The smallest absolute Gasteiger partial charge is 0.0171 e. The fourth-order valence-electron chi connectivity index (χ4n) is 1.49. The molecule has 0 amide bonds. The summed E-state index contributed by atoms with van der Waals surface area (Å²) >= 11 is 1.84. The van der Waals surface area contributed by atoms with Gasteiger partial charge < -0.3 is 5.73 Å². The molecule has 0 aliphatic heterocycles. The molecule has 0 bridgehead atoms. The molecule has 1 aromatic rings. The van der Waals surface area contributed by atoms with E-state index >= 15 is 0 Å². The first-order chi connectivity index (χ1) is 7.63. The lowest BCUT2D eigenvalue weighted by atomic mass is 10.1. The van der Waals surface area contributed by atoms with Crippen molar-refractivity contribution in [3.63, 3.8) is 0 Å². The van der Waals surface area contributed by atoms with Crippen LogP contribution in [0.5, 0.6) is 0 Å². The summed E-state index contributed by atoms with van der Waals surface area (Å²) in [6.07, 6.45) is 1.97. The highest BCUT2D eigenvalue weighted by Crippen LogP contribution is 2.23. The second-order valence-corrected chi connectivity index (χ2v) is 5.21. The van der Waals surface area contributed by atoms with Crippen molar-refractivity contribution in [3.05, 3.63) is 42.0 Å². The van der Waals surface area contributed by atoms with Crippen molar-refractivity contribution in [3.8, 4) is 0 Å². The van der Waals surface area contributed by atoms with E-state index in [1.165, 1.54) is 16.0 Å². The van der Waals surface area contributed by atoms with Crippen LogP contribution in [0.15, 0.2) is 41.3 Å². The number of aryl methyl sites for hydroxylation is 1. The van der Waals surface area contributed by atoms with Crippen molar-refractivity contribution in [1.29, 1.82) is 0 Å². The van der Waals surface area contributed by atoms with Gasteiger partial charge in [0.1, 0.15) is 0 Å². The van der Waals surface area contributed by atoms with Crippen molar-refractivity contribution in [2.24, 2.45) is 5.73 Å². The second-order valence-electron chi connectivity index (χ2n) is 4.14. The Hall–Kier alpha value is -0.730. The van der Waals surface area contributed by atoms with Gasteiger partial charge in [0.15, 0.2) is 0 Å². The zero-order valence-electron chi connectivity index (χ0n) is 10.2. The second kappa shape index (κ2) is 6.77. The van der Waals surface area contributed by atoms with Crippen LogP contribution in [0, 0.1) is 6.92 Å². The number of rotatable bonds is 6. The van der Waals surface area contributed by atoms with Crippen LogP contribution in [0.2, 0.25) is 0 Å². The van der Waals surface area contributed by atoms with Crippen LogP contribution in [0.25, 0.3) is 0 Å². The molecule has 0 spiro atoms. The van der Waals surface area contributed by atoms with Gasteiger partial charge in [-0.05, 0) is 31.4 Å². The van der Waals surface area contributed by atoms with E-state index in [9.17, 15) is 0 Å². The zero-order valence-corrected chi connectivity index (χ0v) is 11.0. The summed E-state index contributed by atoms with van der Waals surface area (Å²) in [5.41, 5.74) is 8.64. The van der Waals surface area contributed by atoms with Crippen LogP contribution < -0.4 is 5.73 Å². The van der Waals surface area contributed by atoms with E-state index in [0.717, 1.165) is 18.6 Å². The third-order valence-electron chi connectivity index (χ3n) is 2.60. The lowest BCUT2D eigenvalue weighted by Crippen LogP contribution is -2.23. The average molecular weight is 235 g/mol. The first-order valence-corrected chi connectivity index (χ1v) is 6.72. The molecule has 2 heteroatoms. The molecule has 0 aromatic heterocycles. The number of thioether (sulfide) groups is 1. The molecule has 0 saturated carbocycles. The average Bonchev–Trinajstić information content (AvgIpc) is 2.28. The Bertz CT molecular complexity index is 346. The molecular weight excluding hydrogens is 214 g/mol. The summed E-state index contributed by atoms with van der Waals surface area (Å²) in [6.45, 7) is 8.26. The fraction of sp³-hybridized carbons (Fsp3) is 0.429. The van der Waals surface area contributed by atoms with Crippen LogP contribution in [0.4, 0.5) is 0 Å². The summed E-state index contributed by atoms with van der Waals surface area (Å²) in [5.74, 6) is 0.962. The van der Waals surface area contributed by atoms with Gasteiger partial charge in [0.2, 0.25) is 0 Å². The van der Waals surface area contributed by atoms with Gasteiger partial charge in [-0.2, -0.15) is 0 Å². The Morgan fingerprint density at radius 1 is 1.44 bits per heavy atom. The molecule has 0 aliphatic carbocycles. The molecular formula is C14H21NS. The molecule has 1 aromatic carbocycles. The molecule has 0 aliphatic rings. The van der Waals surface area contributed by atoms with E-state index in [4.69, 9.17) is 5.73 Å². The van der Waals surface area contributed by atoms with Gasteiger partial charge in [0.25, 0.3) is 0 Å². The lowest BCUT2D eigenvalue weighted by molar-refractivity contribution is 0.725. The highest BCUT2D eigenvalue weighted by Gasteiger charge is 2.06. The summed E-state index contributed by atoms with van der Waals surface area (Å²) in [7, 11) is 0. The maximum Gasteiger partial charge on any atom is 0.0171 e. The Morgan fingerprint density at radius 2 is 2.12 bits per heavy atom. The van der Waals surface area contributed by atoms with E-state index in [0.29, 0.717) is 0 Å². The normalized spacial score (nSPS) is 12.4. The van der Waals surface area contributed by atoms with Crippen molar-refractivity contribution < 1.29 is 0 Å². The van der Waals surface area contributed by atoms with Gasteiger partial charge in [0, 0.05) is 16.7 Å². The molecule has 0 fully saturated rings. The number of hydrogen-bond donors (Lipinski definition) is 1. The molecule has 88 valence electrons. The standard InChI is InChI=1S/C14H21NS/c1-4-11(2)9-13(15)10-16-14-8-6-5-7-12(14)3/h5-8,13H,2,4,9-10,15H2,1,3H3. The molecule has 2 N–H and O–H groups in total. The summed E-state index contributed by atoms with van der Waals surface area (Å²) in [6, 6.07) is 8.65. The minimum atomic E-state index is 0.219.